The van der Waals surface area contributed by atoms with E-state index < -0.39 is 6.29 Å². The largest absolute Gasteiger partial charge is 0.383 e. The second kappa shape index (κ2) is 7.88. The molecule has 0 N–H and O–H groups in total. The summed E-state index contributed by atoms with van der Waals surface area (Å²) in [5, 5.41) is 0.914. The van der Waals surface area contributed by atoms with Crippen molar-refractivity contribution >= 4 is 22.8 Å². The van der Waals surface area contributed by atoms with Crippen LogP contribution in [0.1, 0.15) is 33.5 Å². The van der Waals surface area contributed by atoms with E-state index in [1.807, 2.05) is 61.6 Å². The lowest BCUT2D eigenvalue weighted by molar-refractivity contribution is -0.0447. The van der Waals surface area contributed by atoms with Crippen molar-refractivity contribution in [3.05, 3.63) is 77.4 Å². The van der Waals surface area contributed by atoms with Crippen molar-refractivity contribution in [2.24, 2.45) is 0 Å². The molecule has 0 amide bonds. The van der Waals surface area contributed by atoms with Crippen molar-refractivity contribution in [1.82, 2.24) is 14.9 Å². The smallest absolute Gasteiger partial charge is 0.213 e. The highest BCUT2D eigenvalue weighted by Crippen LogP contribution is 2.29. The molecule has 6 heteroatoms. The quantitative estimate of drug-likeness (QED) is 0.637. The lowest BCUT2D eigenvalue weighted by Crippen LogP contribution is -2.13. The van der Waals surface area contributed by atoms with Gasteiger partial charge in [0.25, 0.3) is 0 Å². The molecular formula is C22H21N3O3. The van der Waals surface area contributed by atoms with E-state index in [2.05, 4.69) is 9.97 Å². The van der Waals surface area contributed by atoms with Gasteiger partial charge in [0, 0.05) is 37.4 Å². The Balaban J connectivity index is 1.85. The lowest BCUT2D eigenvalue weighted by Gasteiger charge is -2.14. The Hall–Kier alpha value is -3.09. The van der Waals surface area contributed by atoms with Gasteiger partial charge in [-0.1, -0.05) is 24.3 Å². The number of hydrogen-bond donors (Lipinski definition) is 0. The summed E-state index contributed by atoms with van der Waals surface area (Å²) in [6.45, 7) is 1.00. The van der Waals surface area contributed by atoms with Gasteiger partial charge in [-0.15, -0.1) is 0 Å². The molecule has 0 saturated carbocycles. The number of ketones is 1. The molecule has 28 heavy (non-hydrogen) atoms. The zero-order chi connectivity index (χ0) is 19.5. The summed E-state index contributed by atoms with van der Waals surface area (Å²) in [5.41, 5.74) is 3.11. The van der Waals surface area contributed by atoms with E-state index in [9.17, 15) is 4.79 Å². The molecular weight excluding hydrogens is 354 g/mol. The first-order valence-electron chi connectivity index (χ1n) is 9.10. The van der Waals surface area contributed by atoms with Crippen molar-refractivity contribution in [1.29, 1.82) is 0 Å². The third kappa shape index (κ3) is 3.52. The molecule has 0 bridgehead atoms. The Bertz CT molecular complexity index is 1040. The summed E-state index contributed by atoms with van der Waals surface area (Å²) in [6.07, 6.45) is 6.51. The summed E-state index contributed by atoms with van der Waals surface area (Å²) >= 11 is 0. The third-order valence-electron chi connectivity index (χ3n) is 4.53. The number of pyridine rings is 2. The maximum Gasteiger partial charge on any atom is 0.213 e. The topological polar surface area (TPSA) is 64.6 Å². The van der Waals surface area contributed by atoms with E-state index >= 15 is 0 Å². The van der Waals surface area contributed by atoms with E-state index in [-0.39, 0.29) is 5.78 Å². The van der Waals surface area contributed by atoms with Gasteiger partial charge in [-0.25, -0.2) is 0 Å². The Morgan fingerprint density at radius 1 is 1.11 bits per heavy atom. The van der Waals surface area contributed by atoms with Crippen molar-refractivity contribution in [2.75, 3.05) is 27.3 Å². The third-order valence-corrected chi connectivity index (χ3v) is 4.53. The molecule has 0 unspecified atom stereocenters. The Morgan fingerprint density at radius 2 is 1.89 bits per heavy atom. The molecule has 0 radical (unpaired) electrons. The first kappa shape index (κ1) is 18.3. The number of hydrogen-bond acceptors (Lipinski definition) is 6. The summed E-state index contributed by atoms with van der Waals surface area (Å²) in [7, 11) is 3.88. The summed E-state index contributed by atoms with van der Waals surface area (Å²) in [6, 6.07) is 11.4. The normalized spacial score (nSPS) is 14.8. The predicted octanol–water partition coefficient (Wildman–Crippen LogP) is 3.44. The monoisotopic (exact) mass is 375 g/mol. The maximum atomic E-state index is 13.5. The lowest BCUT2D eigenvalue weighted by atomic mass is 9.97. The van der Waals surface area contributed by atoms with Crippen LogP contribution < -0.4 is 0 Å². The van der Waals surface area contributed by atoms with Crippen LogP contribution in [0.4, 0.5) is 0 Å². The Morgan fingerprint density at radius 3 is 2.68 bits per heavy atom. The fourth-order valence-electron chi connectivity index (χ4n) is 3.21. The molecule has 142 valence electrons. The number of fused-ring (bicyclic) bond motifs is 1. The Kier molecular flexibility index (Phi) is 5.14. The van der Waals surface area contributed by atoms with Crippen LogP contribution in [0.2, 0.25) is 0 Å². The molecule has 1 saturated heterocycles. The molecule has 1 aromatic carbocycles. The van der Waals surface area contributed by atoms with Gasteiger partial charge >= 0.3 is 0 Å². The van der Waals surface area contributed by atoms with Crippen LogP contribution in [0.3, 0.4) is 0 Å². The minimum atomic E-state index is -0.568. The first-order chi connectivity index (χ1) is 13.6. The van der Waals surface area contributed by atoms with Crippen LogP contribution in [-0.2, 0) is 9.47 Å². The average molecular weight is 375 g/mol. The SMILES string of the molecule is CN(C)/C=C/c1c(C(=O)c2ncccc2C2OCCO2)cnc2ccccc12. The molecule has 1 aliphatic rings. The summed E-state index contributed by atoms with van der Waals surface area (Å²) in [5.74, 6) is -0.202. The van der Waals surface area contributed by atoms with Crippen LogP contribution in [0.25, 0.3) is 17.0 Å². The summed E-state index contributed by atoms with van der Waals surface area (Å²) in [4.78, 5) is 24.2. The second-order valence-corrected chi connectivity index (χ2v) is 6.73. The van der Waals surface area contributed by atoms with E-state index in [1.165, 1.54) is 0 Å². The van der Waals surface area contributed by atoms with Crippen molar-refractivity contribution in [3.8, 4) is 0 Å². The highest BCUT2D eigenvalue weighted by molar-refractivity contribution is 6.13. The number of carbonyl (C=O) groups excluding carboxylic acids is 1. The van der Waals surface area contributed by atoms with Crippen LogP contribution in [-0.4, -0.2) is 48.0 Å². The highest BCUT2D eigenvalue weighted by atomic mass is 16.7. The zero-order valence-electron chi connectivity index (χ0n) is 15.8. The molecule has 0 atom stereocenters. The molecule has 6 nitrogen and oxygen atoms in total. The number of nitrogens with zero attached hydrogens (tertiary/aromatic N) is 3. The average Bonchev–Trinajstić information content (AvgIpc) is 3.26. The molecule has 0 aliphatic carbocycles. The molecule has 1 fully saturated rings. The highest BCUT2D eigenvalue weighted by Gasteiger charge is 2.27. The number of carbonyl (C=O) groups is 1. The molecule has 3 heterocycles. The van der Waals surface area contributed by atoms with E-state index in [0.29, 0.717) is 30.0 Å². The van der Waals surface area contributed by atoms with Crippen molar-refractivity contribution in [2.45, 2.75) is 6.29 Å². The van der Waals surface area contributed by atoms with Gasteiger partial charge in [-0.2, -0.15) is 0 Å². The molecule has 4 rings (SSSR count). The van der Waals surface area contributed by atoms with Gasteiger partial charge in [0.1, 0.15) is 5.69 Å². The maximum absolute atomic E-state index is 13.5. The minimum absolute atomic E-state index is 0.202. The van der Waals surface area contributed by atoms with Gasteiger partial charge in [-0.05, 0) is 30.0 Å². The number of ether oxygens (including phenoxy) is 2. The first-order valence-corrected chi connectivity index (χ1v) is 9.10. The van der Waals surface area contributed by atoms with E-state index in [1.54, 1.807) is 18.5 Å². The Labute approximate surface area is 163 Å². The van der Waals surface area contributed by atoms with Crippen LogP contribution in [0, 0.1) is 0 Å². The van der Waals surface area contributed by atoms with Crippen LogP contribution in [0.5, 0.6) is 0 Å². The van der Waals surface area contributed by atoms with Gasteiger partial charge in [0.15, 0.2) is 6.29 Å². The number of aromatic nitrogens is 2. The fourth-order valence-corrected chi connectivity index (χ4v) is 3.21. The summed E-state index contributed by atoms with van der Waals surface area (Å²) < 4.78 is 11.2. The van der Waals surface area contributed by atoms with E-state index in [4.69, 9.17) is 9.47 Å². The molecule has 1 aliphatic heterocycles. The van der Waals surface area contributed by atoms with Gasteiger partial charge in [0.2, 0.25) is 5.78 Å². The van der Waals surface area contributed by atoms with Crippen molar-refractivity contribution in [3.63, 3.8) is 0 Å². The molecule has 3 aromatic rings. The number of rotatable bonds is 5. The molecule has 0 spiro atoms. The van der Waals surface area contributed by atoms with Gasteiger partial charge in [-0.3, -0.25) is 14.8 Å². The van der Waals surface area contributed by atoms with E-state index in [0.717, 1.165) is 16.5 Å². The standard InChI is InChI=1S/C22H21N3O3/c1-25(2)11-9-15-16-6-3-4-8-19(16)24-14-18(15)21(26)20-17(7-5-10-23-20)22-27-12-13-28-22/h3-11,14,22H,12-13H2,1-2H3/b11-9+. The fraction of sp³-hybridized carbons (Fsp3) is 0.227. The van der Waals surface area contributed by atoms with Crippen molar-refractivity contribution < 1.29 is 14.3 Å². The van der Waals surface area contributed by atoms with Crippen LogP contribution >= 0.6 is 0 Å². The predicted molar refractivity (Wildman–Crippen MR) is 107 cm³/mol. The second-order valence-electron chi connectivity index (χ2n) is 6.73. The van der Waals surface area contributed by atoms with Crippen LogP contribution in [0.15, 0.2) is 55.0 Å². The number of benzene rings is 1. The van der Waals surface area contributed by atoms with Gasteiger partial charge in [0.05, 0.1) is 24.3 Å². The minimum Gasteiger partial charge on any atom is -0.383 e. The van der Waals surface area contributed by atoms with Gasteiger partial charge < -0.3 is 14.4 Å². The number of para-hydroxylation sites is 1. The zero-order valence-corrected chi connectivity index (χ0v) is 15.8. The molecule has 2 aromatic heterocycles.